The number of benzene rings is 1. The molecule has 13 heavy (non-hydrogen) atoms. The van der Waals surface area contributed by atoms with E-state index in [9.17, 15) is 0 Å². The highest BCUT2D eigenvalue weighted by Gasteiger charge is 2.37. The topological polar surface area (TPSA) is 23.5 Å². The van der Waals surface area contributed by atoms with Gasteiger partial charge in [-0.3, -0.25) is 0 Å². The van der Waals surface area contributed by atoms with Crippen LogP contribution in [0, 0.1) is 5.41 Å². The van der Waals surface area contributed by atoms with Crippen LogP contribution in [0.25, 0.3) is 0 Å². The first-order chi connectivity index (χ1) is 6.23. The van der Waals surface area contributed by atoms with E-state index in [4.69, 9.17) is 5.11 Å². The van der Waals surface area contributed by atoms with Crippen molar-refractivity contribution in [3.8, 4) is 0 Å². The smallest absolute Gasteiger partial charge is 0.0518 e. The summed E-state index contributed by atoms with van der Waals surface area (Å²) in [6.07, 6.45) is 0. The van der Waals surface area contributed by atoms with Gasteiger partial charge in [0.1, 0.15) is 0 Å². The Morgan fingerprint density at radius 2 is 1.92 bits per heavy atom. The Morgan fingerprint density at radius 1 is 1.31 bits per heavy atom. The number of hydrogen-bond acceptors (Lipinski definition) is 2. The fraction of sp³-hybridized carbons (Fsp3) is 0.455. The van der Waals surface area contributed by atoms with Crippen LogP contribution in [-0.2, 0) is 0 Å². The van der Waals surface area contributed by atoms with Gasteiger partial charge >= 0.3 is 0 Å². The van der Waals surface area contributed by atoms with E-state index in [2.05, 4.69) is 24.0 Å². The summed E-state index contributed by atoms with van der Waals surface area (Å²) < 4.78 is 0. The van der Waals surface area contributed by atoms with Crippen molar-refractivity contribution in [2.45, 2.75) is 6.92 Å². The third kappa shape index (κ3) is 1.54. The zero-order valence-corrected chi connectivity index (χ0v) is 7.90. The van der Waals surface area contributed by atoms with Crippen molar-refractivity contribution < 1.29 is 5.11 Å². The van der Waals surface area contributed by atoms with E-state index in [1.165, 1.54) is 5.69 Å². The third-order valence-corrected chi connectivity index (χ3v) is 2.65. The van der Waals surface area contributed by atoms with Crippen LogP contribution in [0.5, 0.6) is 0 Å². The highest BCUT2D eigenvalue weighted by molar-refractivity contribution is 5.49. The van der Waals surface area contributed by atoms with Gasteiger partial charge in [-0.1, -0.05) is 25.1 Å². The molecule has 1 aliphatic rings. The summed E-state index contributed by atoms with van der Waals surface area (Å²) in [5.74, 6) is 0. The maximum Gasteiger partial charge on any atom is 0.0518 e. The van der Waals surface area contributed by atoms with Crippen LogP contribution in [0.2, 0.25) is 0 Å². The van der Waals surface area contributed by atoms with Gasteiger partial charge in [-0.25, -0.2) is 0 Å². The number of para-hydroxylation sites is 1. The SMILES string of the molecule is CC1(CO)CN(c2ccccc2)C1. The summed E-state index contributed by atoms with van der Waals surface area (Å²) in [6.45, 7) is 4.34. The van der Waals surface area contributed by atoms with Crippen LogP contribution in [0.1, 0.15) is 6.92 Å². The number of rotatable bonds is 2. The predicted octanol–water partition coefficient (Wildman–Crippen LogP) is 1.51. The minimum atomic E-state index is 0.121. The lowest BCUT2D eigenvalue weighted by atomic mass is 9.82. The van der Waals surface area contributed by atoms with E-state index in [-0.39, 0.29) is 12.0 Å². The molecule has 0 unspecified atom stereocenters. The number of aliphatic hydroxyl groups excluding tert-OH is 1. The molecule has 1 heterocycles. The van der Waals surface area contributed by atoms with Gasteiger partial charge in [0.2, 0.25) is 0 Å². The zero-order valence-electron chi connectivity index (χ0n) is 7.90. The first-order valence-electron chi connectivity index (χ1n) is 4.64. The molecule has 1 aliphatic heterocycles. The molecule has 1 aromatic rings. The average Bonchev–Trinajstić information content (AvgIpc) is 2.14. The van der Waals surface area contributed by atoms with Crippen molar-refractivity contribution in [3.63, 3.8) is 0 Å². The van der Waals surface area contributed by atoms with Gasteiger partial charge in [-0.2, -0.15) is 0 Å². The van der Waals surface area contributed by atoms with Gasteiger partial charge in [-0.15, -0.1) is 0 Å². The fourth-order valence-corrected chi connectivity index (χ4v) is 1.80. The molecule has 0 atom stereocenters. The number of nitrogens with zero attached hydrogens (tertiary/aromatic N) is 1. The van der Waals surface area contributed by atoms with Crippen LogP contribution in [0.4, 0.5) is 5.69 Å². The van der Waals surface area contributed by atoms with Crippen LogP contribution in [0.3, 0.4) is 0 Å². The summed E-state index contributed by atoms with van der Waals surface area (Å²) in [5.41, 5.74) is 1.38. The summed E-state index contributed by atoms with van der Waals surface area (Å²) >= 11 is 0. The lowest BCUT2D eigenvalue weighted by molar-refractivity contribution is 0.111. The molecule has 70 valence electrons. The summed E-state index contributed by atoms with van der Waals surface area (Å²) in [7, 11) is 0. The molecule has 0 aromatic heterocycles. The molecule has 2 heteroatoms. The summed E-state index contributed by atoms with van der Waals surface area (Å²) in [6, 6.07) is 10.3. The normalized spacial score (nSPS) is 19.7. The third-order valence-electron chi connectivity index (χ3n) is 2.65. The minimum absolute atomic E-state index is 0.121. The van der Waals surface area contributed by atoms with E-state index < -0.39 is 0 Å². The molecule has 2 rings (SSSR count). The number of anilines is 1. The maximum absolute atomic E-state index is 9.08. The monoisotopic (exact) mass is 177 g/mol. The summed E-state index contributed by atoms with van der Waals surface area (Å²) in [5, 5.41) is 9.08. The number of aliphatic hydroxyl groups is 1. The summed E-state index contributed by atoms with van der Waals surface area (Å²) in [4.78, 5) is 2.29. The molecule has 2 nitrogen and oxygen atoms in total. The first-order valence-corrected chi connectivity index (χ1v) is 4.64. The van der Waals surface area contributed by atoms with Gasteiger partial charge in [0.25, 0.3) is 0 Å². The predicted molar refractivity (Wildman–Crippen MR) is 53.8 cm³/mol. The minimum Gasteiger partial charge on any atom is -0.396 e. The highest BCUT2D eigenvalue weighted by atomic mass is 16.3. The highest BCUT2D eigenvalue weighted by Crippen LogP contribution is 2.33. The van der Waals surface area contributed by atoms with Crippen LogP contribution in [0.15, 0.2) is 30.3 Å². The first kappa shape index (κ1) is 8.57. The van der Waals surface area contributed by atoms with Crippen molar-refractivity contribution >= 4 is 5.69 Å². The lowest BCUT2D eigenvalue weighted by Crippen LogP contribution is -2.56. The fourth-order valence-electron chi connectivity index (χ4n) is 1.80. The lowest BCUT2D eigenvalue weighted by Gasteiger charge is -2.48. The zero-order chi connectivity index (χ0) is 9.31. The molecular formula is C11H15NO. The standard InChI is InChI=1S/C11H15NO/c1-11(9-13)7-12(8-11)10-5-3-2-4-6-10/h2-6,13H,7-9H2,1H3. The van der Waals surface area contributed by atoms with Crippen molar-refractivity contribution in [2.75, 3.05) is 24.6 Å². The van der Waals surface area contributed by atoms with E-state index in [0.29, 0.717) is 0 Å². The van der Waals surface area contributed by atoms with Gasteiger partial charge in [0.15, 0.2) is 0 Å². The molecule has 0 radical (unpaired) electrons. The van der Waals surface area contributed by atoms with Crippen molar-refractivity contribution in [1.29, 1.82) is 0 Å². The second kappa shape index (κ2) is 3.04. The molecule has 0 bridgehead atoms. The molecule has 1 saturated heterocycles. The molecular weight excluding hydrogens is 162 g/mol. The van der Waals surface area contributed by atoms with Crippen molar-refractivity contribution in [3.05, 3.63) is 30.3 Å². The second-order valence-corrected chi connectivity index (χ2v) is 4.16. The van der Waals surface area contributed by atoms with Crippen LogP contribution >= 0.6 is 0 Å². The van der Waals surface area contributed by atoms with Crippen LogP contribution < -0.4 is 4.90 Å². The van der Waals surface area contributed by atoms with Gasteiger partial charge in [-0.05, 0) is 12.1 Å². The van der Waals surface area contributed by atoms with E-state index in [0.717, 1.165) is 13.1 Å². The molecule has 0 saturated carbocycles. The maximum atomic E-state index is 9.08. The largest absolute Gasteiger partial charge is 0.396 e. The van der Waals surface area contributed by atoms with Crippen molar-refractivity contribution in [2.24, 2.45) is 5.41 Å². The Bertz CT molecular complexity index is 277. The Morgan fingerprint density at radius 3 is 2.46 bits per heavy atom. The van der Waals surface area contributed by atoms with Gasteiger partial charge in [0, 0.05) is 24.2 Å². The Labute approximate surface area is 78.8 Å². The molecule has 1 fully saturated rings. The van der Waals surface area contributed by atoms with Gasteiger partial charge in [0.05, 0.1) is 6.61 Å². The molecule has 0 spiro atoms. The Hall–Kier alpha value is -1.02. The number of hydrogen-bond donors (Lipinski definition) is 1. The second-order valence-electron chi connectivity index (χ2n) is 4.16. The van der Waals surface area contributed by atoms with E-state index >= 15 is 0 Å². The Balaban J connectivity index is 2.01. The van der Waals surface area contributed by atoms with Crippen molar-refractivity contribution in [1.82, 2.24) is 0 Å². The van der Waals surface area contributed by atoms with E-state index in [1.807, 2.05) is 18.2 Å². The van der Waals surface area contributed by atoms with Crippen LogP contribution in [-0.4, -0.2) is 24.8 Å². The molecule has 1 N–H and O–H groups in total. The Kier molecular flexibility index (Phi) is 2.00. The quantitative estimate of drug-likeness (QED) is 0.740. The molecule has 1 aromatic carbocycles. The van der Waals surface area contributed by atoms with Gasteiger partial charge < -0.3 is 10.0 Å². The molecule has 0 amide bonds. The average molecular weight is 177 g/mol. The molecule has 0 aliphatic carbocycles. The van der Waals surface area contributed by atoms with E-state index in [1.54, 1.807) is 0 Å².